The summed E-state index contributed by atoms with van der Waals surface area (Å²) in [6.07, 6.45) is 0.667. The number of benzene rings is 1. The Morgan fingerprint density at radius 3 is 2.78 bits per heavy atom. The van der Waals surface area contributed by atoms with Crippen LogP contribution >= 0.6 is 11.5 Å². The zero-order valence-corrected chi connectivity index (χ0v) is 10.9. The van der Waals surface area contributed by atoms with Crippen molar-refractivity contribution in [3.05, 3.63) is 35.5 Å². The van der Waals surface area contributed by atoms with Crippen LogP contribution in [-0.2, 0) is 13.0 Å². The number of nitrogens with zero attached hydrogens (tertiary/aromatic N) is 2. The van der Waals surface area contributed by atoms with Gasteiger partial charge in [-0.15, -0.1) is 5.10 Å². The lowest BCUT2D eigenvalue weighted by atomic mass is 10.1. The minimum Gasteiger partial charge on any atom is -0.487 e. The molecule has 1 aromatic heterocycles. The molecule has 0 saturated carbocycles. The molecule has 2 N–H and O–H groups in total. The molecular weight excluding hydrogens is 250 g/mol. The maximum atomic E-state index is 8.82. The molecule has 5 nitrogen and oxygen atoms in total. The van der Waals surface area contributed by atoms with Crippen LogP contribution in [0.2, 0.25) is 0 Å². The maximum Gasteiger partial charge on any atom is 0.136 e. The molecule has 0 saturated heterocycles. The molecule has 0 aliphatic heterocycles. The van der Waals surface area contributed by atoms with E-state index in [1.165, 1.54) is 11.5 Å². The molecule has 6 heteroatoms. The summed E-state index contributed by atoms with van der Waals surface area (Å²) in [6, 6.07) is 7.68. The number of aliphatic hydroxyl groups is 1. The van der Waals surface area contributed by atoms with Crippen LogP contribution in [0.5, 0.6) is 5.75 Å². The summed E-state index contributed by atoms with van der Waals surface area (Å²) < 4.78 is 9.49. The smallest absolute Gasteiger partial charge is 0.136 e. The Kier molecular flexibility index (Phi) is 4.49. The summed E-state index contributed by atoms with van der Waals surface area (Å²) in [4.78, 5) is 0. The van der Waals surface area contributed by atoms with Gasteiger partial charge in [0.05, 0.1) is 0 Å². The van der Waals surface area contributed by atoms with E-state index in [0.29, 0.717) is 13.0 Å². The quantitative estimate of drug-likeness (QED) is 0.832. The van der Waals surface area contributed by atoms with E-state index in [2.05, 4.69) is 14.9 Å². The second-order valence-corrected chi connectivity index (χ2v) is 4.46. The zero-order valence-electron chi connectivity index (χ0n) is 10.1. The number of rotatable bonds is 6. The average molecular weight is 265 g/mol. The molecule has 0 spiro atoms. The summed E-state index contributed by atoms with van der Waals surface area (Å²) in [5.74, 6) is 0.784. The standard InChI is InChI=1S/C12H15N3O2S/c1-13-12-11(14-15-18-12)8-17-10-4-2-9(3-5-10)6-7-16/h2-5,13,16H,6-8H2,1H3. The second-order valence-electron chi connectivity index (χ2n) is 3.70. The molecule has 1 heterocycles. The van der Waals surface area contributed by atoms with Gasteiger partial charge in [0.25, 0.3) is 0 Å². The third kappa shape index (κ3) is 3.18. The Hall–Kier alpha value is -1.66. The fraction of sp³-hybridized carbons (Fsp3) is 0.333. The lowest BCUT2D eigenvalue weighted by Crippen LogP contribution is -1.99. The number of ether oxygens (including phenoxy) is 1. The molecule has 0 unspecified atom stereocenters. The summed E-state index contributed by atoms with van der Waals surface area (Å²) >= 11 is 1.31. The highest BCUT2D eigenvalue weighted by Crippen LogP contribution is 2.19. The molecule has 0 aliphatic carbocycles. The highest BCUT2D eigenvalue weighted by atomic mass is 32.1. The molecule has 0 bridgehead atoms. The first kappa shape index (κ1) is 12.8. The lowest BCUT2D eigenvalue weighted by molar-refractivity contribution is 0.297. The Morgan fingerprint density at radius 2 is 2.11 bits per heavy atom. The van der Waals surface area contributed by atoms with E-state index in [9.17, 15) is 0 Å². The molecule has 0 atom stereocenters. The third-order valence-electron chi connectivity index (χ3n) is 2.48. The van der Waals surface area contributed by atoms with Crippen LogP contribution in [0, 0.1) is 0 Å². The van der Waals surface area contributed by atoms with E-state index in [4.69, 9.17) is 9.84 Å². The van der Waals surface area contributed by atoms with Crippen LogP contribution in [0.4, 0.5) is 5.00 Å². The van der Waals surface area contributed by atoms with Gasteiger partial charge in [0.1, 0.15) is 23.1 Å². The van der Waals surface area contributed by atoms with Gasteiger partial charge in [-0.1, -0.05) is 16.6 Å². The molecule has 1 aromatic carbocycles. The van der Waals surface area contributed by atoms with Crippen molar-refractivity contribution >= 4 is 16.5 Å². The highest BCUT2D eigenvalue weighted by molar-refractivity contribution is 7.10. The van der Waals surface area contributed by atoms with Gasteiger partial charge in [-0.2, -0.15) is 0 Å². The zero-order chi connectivity index (χ0) is 12.8. The minimum absolute atomic E-state index is 0.163. The van der Waals surface area contributed by atoms with Crippen molar-refractivity contribution < 1.29 is 9.84 Å². The Labute approximate surface area is 110 Å². The Morgan fingerprint density at radius 1 is 1.33 bits per heavy atom. The molecule has 0 fully saturated rings. The molecule has 0 aliphatic rings. The first-order valence-corrected chi connectivity index (χ1v) is 6.42. The van der Waals surface area contributed by atoms with E-state index < -0.39 is 0 Å². The molecule has 96 valence electrons. The largest absolute Gasteiger partial charge is 0.487 e. The second kappa shape index (κ2) is 6.32. The number of hydrogen-bond donors (Lipinski definition) is 2. The first-order valence-electron chi connectivity index (χ1n) is 5.65. The Balaban J connectivity index is 1.94. The summed E-state index contributed by atoms with van der Waals surface area (Å²) in [6.45, 7) is 0.558. The van der Waals surface area contributed by atoms with E-state index in [1.54, 1.807) is 0 Å². The van der Waals surface area contributed by atoms with E-state index >= 15 is 0 Å². The lowest BCUT2D eigenvalue weighted by Gasteiger charge is -2.06. The molecule has 18 heavy (non-hydrogen) atoms. The van der Waals surface area contributed by atoms with Crippen molar-refractivity contribution in [3.63, 3.8) is 0 Å². The highest BCUT2D eigenvalue weighted by Gasteiger charge is 2.06. The van der Waals surface area contributed by atoms with Gasteiger partial charge in [0.15, 0.2) is 0 Å². The fourth-order valence-corrected chi connectivity index (χ4v) is 2.04. The van der Waals surface area contributed by atoms with Crippen molar-refractivity contribution in [1.29, 1.82) is 0 Å². The first-order chi connectivity index (χ1) is 8.83. The maximum absolute atomic E-state index is 8.82. The monoisotopic (exact) mass is 265 g/mol. The minimum atomic E-state index is 0.163. The van der Waals surface area contributed by atoms with E-state index in [-0.39, 0.29) is 6.61 Å². The van der Waals surface area contributed by atoms with Gasteiger partial charge >= 0.3 is 0 Å². The number of hydrogen-bond acceptors (Lipinski definition) is 6. The van der Waals surface area contributed by atoms with Gasteiger partial charge in [0, 0.05) is 25.2 Å². The van der Waals surface area contributed by atoms with Crippen molar-refractivity contribution in [1.82, 2.24) is 9.59 Å². The van der Waals surface area contributed by atoms with Gasteiger partial charge in [0.2, 0.25) is 0 Å². The van der Waals surface area contributed by atoms with Crippen LogP contribution in [0.25, 0.3) is 0 Å². The van der Waals surface area contributed by atoms with Crippen molar-refractivity contribution in [3.8, 4) is 5.75 Å². The van der Waals surface area contributed by atoms with Crippen LogP contribution < -0.4 is 10.1 Å². The van der Waals surface area contributed by atoms with E-state index in [0.717, 1.165) is 22.0 Å². The van der Waals surface area contributed by atoms with Gasteiger partial charge in [-0.05, 0) is 24.1 Å². The number of anilines is 1. The van der Waals surface area contributed by atoms with Crippen LogP contribution in [0.15, 0.2) is 24.3 Å². The number of nitrogens with one attached hydrogen (secondary N) is 1. The van der Waals surface area contributed by atoms with Gasteiger partial charge in [-0.25, -0.2) is 0 Å². The van der Waals surface area contributed by atoms with Gasteiger partial charge < -0.3 is 15.2 Å². The fourth-order valence-electron chi connectivity index (χ4n) is 1.53. The van der Waals surface area contributed by atoms with Gasteiger partial charge in [-0.3, -0.25) is 0 Å². The Bertz CT molecular complexity index is 484. The summed E-state index contributed by atoms with van der Waals surface area (Å²) in [5.41, 5.74) is 1.90. The molecule has 2 aromatic rings. The average Bonchev–Trinajstić information content (AvgIpc) is 2.86. The van der Waals surface area contributed by atoms with Crippen LogP contribution in [-0.4, -0.2) is 28.3 Å². The normalized spacial score (nSPS) is 10.3. The summed E-state index contributed by atoms with van der Waals surface area (Å²) in [7, 11) is 1.84. The van der Waals surface area contributed by atoms with Crippen LogP contribution in [0.1, 0.15) is 11.3 Å². The van der Waals surface area contributed by atoms with Crippen molar-refractivity contribution in [2.24, 2.45) is 0 Å². The van der Waals surface area contributed by atoms with Crippen molar-refractivity contribution in [2.45, 2.75) is 13.0 Å². The third-order valence-corrected chi connectivity index (χ3v) is 3.27. The molecule has 0 amide bonds. The predicted octanol–water partition coefficient (Wildman–Crippen LogP) is 1.69. The molecule has 0 radical (unpaired) electrons. The summed E-state index contributed by atoms with van der Waals surface area (Å²) in [5, 5.41) is 16.8. The number of aromatic nitrogens is 2. The SMILES string of the molecule is CNc1snnc1COc1ccc(CCO)cc1. The predicted molar refractivity (Wildman–Crippen MR) is 71.0 cm³/mol. The molecular formula is C12H15N3O2S. The number of aliphatic hydroxyl groups excluding tert-OH is 1. The van der Waals surface area contributed by atoms with Crippen LogP contribution in [0.3, 0.4) is 0 Å². The topological polar surface area (TPSA) is 67.3 Å². The van der Waals surface area contributed by atoms with Crippen molar-refractivity contribution in [2.75, 3.05) is 19.0 Å². The molecule has 2 rings (SSSR count). The van der Waals surface area contributed by atoms with E-state index in [1.807, 2.05) is 31.3 Å².